The molecule has 0 aromatic heterocycles. The van der Waals surface area contributed by atoms with Crippen LogP contribution in [0.2, 0.25) is 0 Å². The zero-order valence-electron chi connectivity index (χ0n) is 12.8. The third kappa shape index (κ3) is 4.19. The van der Waals surface area contributed by atoms with Crippen molar-refractivity contribution in [3.8, 4) is 5.75 Å². The van der Waals surface area contributed by atoms with E-state index in [4.69, 9.17) is 9.47 Å². The Morgan fingerprint density at radius 2 is 1.82 bits per heavy atom. The summed E-state index contributed by atoms with van der Waals surface area (Å²) in [5.74, 6) is 0.747. The highest BCUT2D eigenvalue weighted by molar-refractivity contribution is 7.89. The Labute approximate surface area is 131 Å². The molecular formula is C16H21NO4S. The van der Waals surface area contributed by atoms with Crippen molar-refractivity contribution in [1.82, 2.24) is 4.72 Å². The van der Waals surface area contributed by atoms with Gasteiger partial charge in [0, 0.05) is 19.8 Å². The Balaban J connectivity index is 2.12. The van der Waals surface area contributed by atoms with E-state index in [0.717, 1.165) is 16.5 Å². The van der Waals surface area contributed by atoms with Gasteiger partial charge >= 0.3 is 0 Å². The molecule has 0 amide bonds. The van der Waals surface area contributed by atoms with Gasteiger partial charge in [-0.15, -0.1) is 0 Å². The summed E-state index contributed by atoms with van der Waals surface area (Å²) in [6, 6.07) is 10.6. The highest BCUT2D eigenvalue weighted by Crippen LogP contribution is 2.23. The Kier molecular flexibility index (Phi) is 5.76. The third-order valence-corrected chi connectivity index (χ3v) is 4.75. The summed E-state index contributed by atoms with van der Waals surface area (Å²) in [4.78, 5) is 0.265. The number of hydrogen-bond donors (Lipinski definition) is 1. The fourth-order valence-electron chi connectivity index (χ4n) is 2.10. The lowest BCUT2D eigenvalue weighted by molar-refractivity contribution is 0.146. The van der Waals surface area contributed by atoms with Crippen molar-refractivity contribution >= 4 is 20.8 Å². The zero-order chi connectivity index (χ0) is 16.0. The Morgan fingerprint density at radius 3 is 2.55 bits per heavy atom. The molecule has 2 aromatic carbocycles. The van der Waals surface area contributed by atoms with Crippen LogP contribution in [0.1, 0.15) is 13.3 Å². The first-order valence-electron chi connectivity index (χ1n) is 7.22. The molecule has 2 aromatic rings. The van der Waals surface area contributed by atoms with Crippen LogP contribution in [0.4, 0.5) is 0 Å². The molecule has 0 fully saturated rings. The van der Waals surface area contributed by atoms with Crippen molar-refractivity contribution in [2.45, 2.75) is 18.2 Å². The summed E-state index contributed by atoms with van der Waals surface area (Å²) < 4.78 is 37.4. The third-order valence-electron chi connectivity index (χ3n) is 3.29. The second kappa shape index (κ2) is 7.58. The zero-order valence-corrected chi connectivity index (χ0v) is 13.7. The van der Waals surface area contributed by atoms with Crippen molar-refractivity contribution in [1.29, 1.82) is 0 Å². The topological polar surface area (TPSA) is 64.6 Å². The quantitative estimate of drug-likeness (QED) is 0.758. The molecule has 0 radical (unpaired) electrons. The molecule has 0 saturated carbocycles. The first-order chi connectivity index (χ1) is 10.6. The van der Waals surface area contributed by atoms with Crippen LogP contribution >= 0.6 is 0 Å². The number of methoxy groups -OCH3 is 1. The number of nitrogens with one attached hydrogen (secondary N) is 1. The van der Waals surface area contributed by atoms with Gasteiger partial charge in [-0.25, -0.2) is 13.1 Å². The molecule has 6 heteroatoms. The van der Waals surface area contributed by atoms with Gasteiger partial charge in [-0.2, -0.15) is 0 Å². The standard InChI is InChI=1S/C16H21NO4S/c1-3-21-10-4-9-17-22(18,19)16-8-6-13-11-15(20-2)7-5-14(13)12-16/h5-8,11-12,17H,3-4,9-10H2,1-2H3. The maximum atomic E-state index is 12.3. The lowest BCUT2D eigenvalue weighted by Gasteiger charge is -2.08. The van der Waals surface area contributed by atoms with E-state index >= 15 is 0 Å². The van der Waals surface area contributed by atoms with Crippen LogP contribution < -0.4 is 9.46 Å². The van der Waals surface area contributed by atoms with Crippen LogP contribution in [-0.4, -0.2) is 35.3 Å². The number of sulfonamides is 1. The van der Waals surface area contributed by atoms with E-state index in [1.165, 1.54) is 0 Å². The molecule has 0 spiro atoms. The predicted octanol–water partition coefficient (Wildman–Crippen LogP) is 2.55. The van der Waals surface area contributed by atoms with E-state index in [1.807, 2.05) is 25.1 Å². The molecule has 0 bridgehead atoms. The number of hydrogen-bond acceptors (Lipinski definition) is 4. The van der Waals surface area contributed by atoms with E-state index in [-0.39, 0.29) is 4.90 Å². The SMILES string of the molecule is CCOCCCNS(=O)(=O)c1ccc2cc(OC)ccc2c1. The van der Waals surface area contributed by atoms with Crippen LogP contribution in [0.15, 0.2) is 41.3 Å². The minimum Gasteiger partial charge on any atom is -0.497 e. The summed E-state index contributed by atoms with van der Waals surface area (Å²) in [6.07, 6.45) is 0.651. The number of fused-ring (bicyclic) bond motifs is 1. The minimum atomic E-state index is -3.49. The molecule has 0 heterocycles. The molecule has 0 aliphatic carbocycles. The first kappa shape index (κ1) is 16.7. The fraction of sp³-hybridized carbons (Fsp3) is 0.375. The highest BCUT2D eigenvalue weighted by atomic mass is 32.2. The molecule has 0 unspecified atom stereocenters. The summed E-state index contributed by atoms with van der Waals surface area (Å²) in [7, 11) is -1.89. The second-order valence-corrected chi connectivity index (χ2v) is 6.59. The normalized spacial score (nSPS) is 11.7. The number of rotatable bonds is 8. The van der Waals surface area contributed by atoms with Crippen LogP contribution in [0, 0.1) is 0 Å². The average Bonchev–Trinajstić information content (AvgIpc) is 2.53. The van der Waals surface area contributed by atoms with Gasteiger partial charge in [0.2, 0.25) is 10.0 Å². The lowest BCUT2D eigenvalue weighted by atomic mass is 10.1. The van der Waals surface area contributed by atoms with Gasteiger partial charge in [-0.1, -0.05) is 12.1 Å². The van der Waals surface area contributed by atoms with Crippen LogP contribution in [0.3, 0.4) is 0 Å². The smallest absolute Gasteiger partial charge is 0.240 e. The fourth-order valence-corrected chi connectivity index (χ4v) is 3.21. The van der Waals surface area contributed by atoms with Gasteiger partial charge in [0.1, 0.15) is 5.75 Å². The second-order valence-electron chi connectivity index (χ2n) is 4.82. The van der Waals surface area contributed by atoms with E-state index in [1.54, 1.807) is 25.3 Å². The Bertz CT molecular complexity index is 728. The van der Waals surface area contributed by atoms with Crippen molar-refractivity contribution < 1.29 is 17.9 Å². The van der Waals surface area contributed by atoms with Gasteiger partial charge in [-0.3, -0.25) is 0 Å². The summed E-state index contributed by atoms with van der Waals surface area (Å²) in [5, 5.41) is 1.80. The van der Waals surface area contributed by atoms with Gasteiger partial charge < -0.3 is 9.47 Å². The summed E-state index contributed by atoms with van der Waals surface area (Å²) in [6.45, 7) is 3.47. The van der Waals surface area contributed by atoms with Crippen molar-refractivity contribution in [3.63, 3.8) is 0 Å². The maximum Gasteiger partial charge on any atom is 0.240 e. The number of ether oxygens (including phenoxy) is 2. The van der Waals surface area contributed by atoms with Gasteiger partial charge in [-0.05, 0) is 48.4 Å². The molecule has 120 valence electrons. The van der Waals surface area contributed by atoms with Crippen LogP contribution in [0.25, 0.3) is 10.8 Å². The van der Waals surface area contributed by atoms with Crippen molar-refractivity contribution in [2.24, 2.45) is 0 Å². The Morgan fingerprint density at radius 1 is 1.09 bits per heavy atom. The van der Waals surface area contributed by atoms with E-state index in [0.29, 0.717) is 26.2 Å². The average molecular weight is 323 g/mol. The largest absolute Gasteiger partial charge is 0.497 e. The van der Waals surface area contributed by atoms with Crippen LogP contribution in [0.5, 0.6) is 5.75 Å². The first-order valence-corrected chi connectivity index (χ1v) is 8.70. The molecule has 0 aliphatic heterocycles. The molecule has 5 nitrogen and oxygen atoms in total. The molecule has 0 saturated heterocycles. The maximum absolute atomic E-state index is 12.3. The molecule has 22 heavy (non-hydrogen) atoms. The lowest BCUT2D eigenvalue weighted by Crippen LogP contribution is -2.25. The minimum absolute atomic E-state index is 0.265. The summed E-state index contributed by atoms with van der Waals surface area (Å²) >= 11 is 0. The molecule has 0 atom stereocenters. The van der Waals surface area contributed by atoms with Gasteiger partial charge in [0.05, 0.1) is 12.0 Å². The van der Waals surface area contributed by atoms with E-state index in [2.05, 4.69) is 4.72 Å². The number of benzene rings is 2. The Hall–Kier alpha value is -1.63. The van der Waals surface area contributed by atoms with Gasteiger partial charge in [0.25, 0.3) is 0 Å². The molecule has 2 rings (SSSR count). The van der Waals surface area contributed by atoms with Gasteiger partial charge in [0.15, 0.2) is 0 Å². The van der Waals surface area contributed by atoms with Crippen molar-refractivity contribution in [3.05, 3.63) is 36.4 Å². The highest BCUT2D eigenvalue weighted by Gasteiger charge is 2.13. The molecule has 0 aliphatic rings. The van der Waals surface area contributed by atoms with E-state index in [9.17, 15) is 8.42 Å². The molecular weight excluding hydrogens is 302 g/mol. The van der Waals surface area contributed by atoms with Crippen LogP contribution in [-0.2, 0) is 14.8 Å². The van der Waals surface area contributed by atoms with E-state index < -0.39 is 10.0 Å². The van der Waals surface area contributed by atoms with Crippen molar-refractivity contribution in [2.75, 3.05) is 26.9 Å². The predicted molar refractivity (Wildman–Crippen MR) is 86.8 cm³/mol. The summed E-state index contributed by atoms with van der Waals surface area (Å²) in [5.41, 5.74) is 0. The monoisotopic (exact) mass is 323 g/mol. The molecule has 1 N–H and O–H groups in total.